The van der Waals surface area contributed by atoms with Gasteiger partial charge in [0.2, 0.25) is 5.36 Å². The summed E-state index contributed by atoms with van der Waals surface area (Å²) in [5.74, 6) is -0.163. The van der Waals surface area contributed by atoms with Crippen LogP contribution in [-0.4, -0.2) is 109 Å². The Balaban J connectivity index is 1.44. The van der Waals surface area contributed by atoms with Gasteiger partial charge in [-0.25, -0.2) is 17.8 Å². The van der Waals surface area contributed by atoms with Crippen molar-refractivity contribution in [3.05, 3.63) is 82.6 Å². The first-order valence-electron chi connectivity index (χ1n) is 21.1. The minimum Gasteiger partial charge on any atom is -0.744 e. The van der Waals surface area contributed by atoms with Crippen molar-refractivity contribution >= 4 is 39.7 Å². The summed E-state index contributed by atoms with van der Waals surface area (Å²) < 4.78 is 67.0. The van der Waals surface area contributed by atoms with Crippen LogP contribution >= 0.6 is 0 Å². The van der Waals surface area contributed by atoms with Crippen molar-refractivity contribution in [2.24, 2.45) is 0 Å². The molecule has 62 heavy (non-hydrogen) atoms. The van der Waals surface area contributed by atoms with Crippen LogP contribution in [0.2, 0.25) is 0 Å². The Morgan fingerprint density at radius 3 is 2.16 bits per heavy atom. The first kappa shape index (κ1) is 48.3. The van der Waals surface area contributed by atoms with Crippen LogP contribution in [0.3, 0.4) is 0 Å². The summed E-state index contributed by atoms with van der Waals surface area (Å²) in [7, 11) is -1.41. The number of unbranched alkanes of at least 4 members (excludes halogenated alkanes) is 2. The zero-order valence-corrected chi connectivity index (χ0v) is 37.8. The van der Waals surface area contributed by atoms with Crippen molar-refractivity contribution < 1.29 is 55.6 Å². The number of hydrogen-bond donors (Lipinski definition) is 0. The van der Waals surface area contributed by atoms with E-state index in [4.69, 9.17) is 28.2 Å². The maximum absolute atomic E-state index is 12.4. The summed E-state index contributed by atoms with van der Waals surface area (Å²) in [6.45, 7) is 15.1. The number of hydrogen-bond acceptors (Lipinski definition) is 13. The fraction of sp³-hybridized carbons (Fsp3) is 0.522. The number of carbonyl (C=O) groups excluding carboxylic acids is 3. The van der Waals surface area contributed by atoms with E-state index in [1.165, 1.54) is 12.1 Å². The Hall–Kier alpha value is -4.71. The van der Waals surface area contributed by atoms with Gasteiger partial charge in [0.15, 0.2) is 13.1 Å². The number of benzene rings is 2. The lowest BCUT2D eigenvalue weighted by Crippen LogP contribution is -2.36. The minimum atomic E-state index is -4.70. The van der Waals surface area contributed by atoms with E-state index in [9.17, 15) is 27.4 Å². The van der Waals surface area contributed by atoms with Crippen LogP contribution in [0.15, 0.2) is 69.6 Å². The van der Waals surface area contributed by atoms with E-state index in [1.807, 2.05) is 32.1 Å². The van der Waals surface area contributed by atoms with E-state index in [-0.39, 0.29) is 29.6 Å². The molecule has 16 heteroatoms. The number of amides is 2. The number of ether oxygens (including phenoxy) is 4. The maximum atomic E-state index is 12.4. The van der Waals surface area contributed by atoms with Crippen LogP contribution < -0.4 is 14.8 Å². The number of nitrogens with zero attached hydrogens (tertiary/aromatic N) is 3. The van der Waals surface area contributed by atoms with Crippen LogP contribution in [0.1, 0.15) is 90.0 Å². The number of carbonyl (C=O) groups is 3. The molecule has 1 saturated heterocycles. The molecule has 0 bridgehead atoms. The molecule has 0 spiro atoms. The number of imide groups is 1. The van der Waals surface area contributed by atoms with Crippen molar-refractivity contribution in [3.8, 4) is 11.3 Å². The molecule has 15 nitrogen and oxygen atoms in total. The van der Waals surface area contributed by atoms with Crippen molar-refractivity contribution in [3.63, 3.8) is 0 Å². The average molecular weight is 880 g/mol. The quantitative estimate of drug-likeness (QED) is 0.0532. The molecule has 1 fully saturated rings. The van der Waals surface area contributed by atoms with Gasteiger partial charge < -0.3 is 37.7 Å². The summed E-state index contributed by atoms with van der Waals surface area (Å²) in [4.78, 5) is 43.0. The fourth-order valence-electron chi connectivity index (χ4n) is 7.43. The monoisotopic (exact) mass is 879 g/mol. The summed E-state index contributed by atoms with van der Waals surface area (Å²) in [6, 6.07) is 12.7. The highest BCUT2D eigenvalue weighted by Gasteiger charge is 2.40. The normalized spacial score (nSPS) is 16.0. The van der Waals surface area contributed by atoms with E-state index in [2.05, 4.69) is 54.5 Å². The van der Waals surface area contributed by atoms with Crippen LogP contribution in [0.25, 0.3) is 17.4 Å². The first-order valence-corrected chi connectivity index (χ1v) is 22.5. The first-order chi connectivity index (χ1) is 29.4. The Labute approximate surface area is 365 Å². The molecule has 5 rings (SSSR count). The van der Waals surface area contributed by atoms with Crippen molar-refractivity contribution in [2.45, 2.75) is 88.9 Å². The highest BCUT2D eigenvalue weighted by Crippen LogP contribution is 2.48. The summed E-state index contributed by atoms with van der Waals surface area (Å²) in [5, 5.41) is 1.52. The smallest absolute Gasteiger partial charge is 0.333 e. The molecule has 0 saturated carbocycles. The predicted molar refractivity (Wildman–Crippen MR) is 232 cm³/mol. The number of methoxy groups -OCH3 is 2. The second-order valence-corrected chi connectivity index (χ2v) is 18.3. The molecular weight excluding hydrogens is 819 g/mol. The molecule has 3 aliphatic heterocycles. The van der Waals surface area contributed by atoms with Gasteiger partial charge >= 0.3 is 5.97 Å². The predicted octanol–water partition coefficient (Wildman–Crippen LogP) is 5.55. The minimum absolute atomic E-state index is 0.0304. The molecule has 4 aliphatic rings. The topological polar surface area (TPSA) is 177 Å². The molecule has 0 N–H and O–H groups in total. The van der Waals surface area contributed by atoms with E-state index in [0.717, 1.165) is 39.4 Å². The summed E-state index contributed by atoms with van der Waals surface area (Å²) >= 11 is 0. The van der Waals surface area contributed by atoms with E-state index in [0.29, 0.717) is 89.2 Å². The second-order valence-electron chi connectivity index (χ2n) is 16.9. The third-order valence-corrected chi connectivity index (χ3v) is 11.7. The van der Waals surface area contributed by atoms with Gasteiger partial charge in [-0.3, -0.25) is 9.59 Å². The Kier molecular flexibility index (Phi) is 16.8. The van der Waals surface area contributed by atoms with Gasteiger partial charge in [0.05, 0.1) is 37.4 Å². The van der Waals surface area contributed by atoms with Gasteiger partial charge in [-0.2, -0.15) is 0 Å². The van der Waals surface area contributed by atoms with Crippen molar-refractivity contribution in [1.29, 1.82) is 0 Å². The molecule has 0 atom stereocenters. The highest BCUT2D eigenvalue weighted by molar-refractivity contribution is 7.85. The van der Waals surface area contributed by atoms with Gasteiger partial charge in [0.1, 0.15) is 34.9 Å². The molecule has 1 aromatic carbocycles. The lowest BCUT2D eigenvalue weighted by atomic mass is 9.83. The zero-order chi connectivity index (χ0) is 45.1. The number of hydroxylamine groups is 2. The van der Waals surface area contributed by atoms with Gasteiger partial charge in [-0.1, -0.05) is 53.2 Å². The number of anilines is 1. The molecule has 0 radical (unpaired) electrons. The lowest BCUT2D eigenvalue weighted by molar-refractivity contribution is -0.197. The van der Waals surface area contributed by atoms with Gasteiger partial charge in [0, 0.05) is 73.9 Å². The van der Waals surface area contributed by atoms with Crippen LogP contribution in [0.4, 0.5) is 5.69 Å². The standard InChI is InChI=1S/C46H61N3O12S/c1-45(2,3)41-30-33(36-17-15-34(31-39(36)60-41)47(22-24-58-28-26-56-6)23-25-59-29-27-57-7)12-11-13-40-46(4,5)37-32-35(62(53,54)55)16-18-38(37)48(40)21-10-8-9-14-44(52)61-49-42(50)19-20-43(49)51/h11-13,15-18,30-32H,8-10,14,19-29H2,1-7H3. The average Bonchev–Trinajstić information content (AvgIpc) is 3.64. The largest absolute Gasteiger partial charge is 0.744 e. The maximum Gasteiger partial charge on any atom is 0.333 e. The lowest BCUT2D eigenvalue weighted by Gasteiger charge is -2.27. The van der Waals surface area contributed by atoms with Gasteiger partial charge in [0.25, 0.3) is 11.8 Å². The fourth-order valence-corrected chi connectivity index (χ4v) is 7.93. The van der Waals surface area contributed by atoms with E-state index >= 15 is 0 Å². The molecule has 1 aromatic rings. The van der Waals surface area contributed by atoms with Crippen LogP contribution in [-0.2, 0) is 59.1 Å². The molecule has 1 aliphatic carbocycles. The second kappa shape index (κ2) is 21.6. The Morgan fingerprint density at radius 2 is 1.55 bits per heavy atom. The third-order valence-electron chi connectivity index (χ3n) is 10.9. The van der Waals surface area contributed by atoms with Crippen molar-refractivity contribution in [2.75, 3.05) is 78.4 Å². The molecule has 3 heterocycles. The number of rotatable bonds is 22. The van der Waals surface area contributed by atoms with Gasteiger partial charge in [-0.15, -0.1) is 5.06 Å². The Bertz CT molecular complexity index is 2240. The molecule has 338 valence electrons. The summed E-state index contributed by atoms with van der Waals surface area (Å²) in [5.41, 5.74) is 3.27. The molecular formula is C46H61N3O12S. The molecule has 0 aromatic heterocycles. The SMILES string of the molecule is COCCOCC[N+](CCOCCOC)=c1ccc2c(/C=C/C=C3/N(CCCCCC(=O)ON4C(=O)CCC4=O)c4ccc(S(=O)(=O)[O-])cc4C3(C)C)cc(C(C)(C)C)oc-2c1. The third kappa shape index (κ3) is 12.5. The molecule has 2 amide bonds. The van der Waals surface area contributed by atoms with Crippen LogP contribution in [0, 0.1) is 0 Å². The van der Waals surface area contributed by atoms with Crippen molar-refractivity contribution in [1.82, 2.24) is 9.64 Å². The number of fused-ring (bicyclic) bond motifs is 2. The zero-order valence-electron chi connectivity index (χ0n) is 37.0. The highest BCUT2D eigenvalue weighted by atomic mass is 32.2. The summed E-state index contributed by atoms with van der Waals surface area (Å²) in [6.07, 6.45) is 7.90. The van der Waals surface area contributed by atoms with Crippen LogP contribution in [0.5, 0.6) is 0 Å². The van der Waals surface area contributed by atoms with E-state index < -0.39 is 33.3 Å². The molecule has 0 unspecified atom stereocenters. The Morgan fingerprint density at radius 1 is 0.887 bits per heavy atom. The van der Waals surface area contributed by atoms with E-state index in [1.54, 1.807) is 20.3 Å². The number of allylic oxidation sites excluding steroid dienone is 3. The van der Waals surface area contributed by atoms with Gasteiger partial charge in [-0.05, 0) is 60.4 Å².